The first-order chi connectivity index (χ1) is 14.7. The highest BCUT2D eigenvalue weighted by Gasteiger charge is 2.33. The third-order valence-corrected chi connectivity index (χ3v) is 6.62. The third kappa shape index (κ3) is 6.32. The van der Waals surface area contributed by atoms with Crippen molar-refractivity contribution in [3.63, 3.8) is 0 Å². The van der Waals surface area contributed by atoms with Gasteiger partial charge < -0.3 is 25.2 Å². The molecule has 7 nitrogen and oxygen atoms in total. The van der Waals surface area contributed by atoms with E-state index in [1.165, 1.54) is 31.2 Å². The highest BCUT2D eigenvalue weighted by atomic mass is 16.5. The maximum Gasteiger partial charge on any atom is 0.191 e. The minimum absolute atomic E-state index is 0.339. The van der Waals surface area contributed by atoms with Crippen molar-refractivity contribution in [1.82, 2.24) is 20.5 Å². The summed E-state index contributed by atoms with van der Waals surface area (Å²) in [6.45, 7) is 9.61. The van der Waals surface area contributed by atoms with E-state index in [9.17, 15) is 0 Å². The highest BCUT2D eigenvalue weighted by Crippen LogP contribution is 2.40. The van der Waals surface area contributed by atoms with Crippen LogP contribution in [0.25, 0.3) is 0 Å². The number of guanidine groups is 1. The van der Waals surface area contributed by atoms with Crippen molar-refractivity contribution in [1.29, 1.82) is 0 Å². The first kappa shape index (κ1) is 22.8. The van der Waals surface area contributed by atoms with E-state index < -0.39 is 0 Å². The zero-order valence-electron chi connectivity index (χ0n) is 19.1. The van der Waals surface area contributed by atoms with Gasteiger partial charge in [0.25, 0.3) is 0 Å². The number of rotatable bonds is 9. The monoisotopic (exact) mass is 416 g/mol. The van der Waals surface area contributed by atoms with Crippen LogP contribution in [-0.2, 0) is 11.3 Å². The number of aromatic nitrogens is 1. The van der Waals surface area contributed by atoms with Crippen LogP contribution in [0.1, 0.15) is 44.6 Å². The quantitative estimate of drug-likeness (QED) is 0.366. The van der Waals surface area contributed by atoms with Gasteiger partial charge in [0.05, 0.1) is 0 Å². The number of aliphatic imine (C=N–C) groups is 1. The topological polar surface area (TPSA) is 65.0 Å². The maximum absolute atomic E-state index is 5.65. The molecule has 168 valence electrons. The van der Waals surface area contributed by atoms with Crippen LogP contribution in [0.2, 0.25) is 0 Å². The van der Waals surface area contributed by atoms with Crippen molar-refractivity contribution in [2.75, 3.05) is 64.9 Å². The summed E-state index contributed by atoms with van der Waals surface area (Å²) in [6, 6.07) is 4.19. The zero-order valence-corrected chi connectivity index (χ0v) is 19.1. The van der Waals surface area contributed by atoms with Crippen molar-refractivity contribution in [2.45, 2.75) is 45.6 Å². The van der Waals surface area contributed by atoms with Crippen LogP contribution in [0.4, 0.5) is 5.82 Å². The van der Waals surface area contributed by atoms with E-state index >= 15 is 0 Å². The average molecular weight is 417 g/mol. The van der Waals surface area contributed by atoms with Gasteiger partial charge in [0.1, 0.15) is 5.82 Å². The van der Waals surface area contributed by atoms with Gasteiger partial charge in [0, 0.05) is 71.3 Å². The smallest absolute Gasteiger partial charge is 0.191 e. The second-order valence-corrected chi connectivity index (χ2v) is 8.71. The summed E-state index contributed by atoms with van der Waals surface area (Å²) < 4.78 is 5.65. The number of nitrogens with zero attached hydrogens (tertiary/aromatic N) is 4. The van der Waals surface area contributed by atoms with Gasteiger partial charge in [0.15, 0.2) is 5.96 Å². The van der Waals surface area contributed by atoms with Gasteiger partial charge in [-0.15, -0.1) is 0 Å². The molecule has 0 unspecified atom stereocenters. The molecule has 0 spiro atoms. The molecule has 0 bridgehead atoms. The van der Waals surface area contributed by atoms with Crippen LogP contribution in [-0.4, -0.2) is 75.9 Å². The Kier molecular flexibility index (Phi) is 8.75. The minimum Gasteiger partial charge on any atom is -0.382 e. The summed E-state index contributed by atoms with van der Waals surface area (Å²) in [6.07, 6.45) is 8.22. The lowest BCUT2D eigenvalue weighted by Crippen LogP contribution is -2.46. The van der Waals surface area contributed by atoms with Crippen molar-refractivity contribution in [3.8, 4) is 0 Å². The lowest BCUT2D eigenvalue weighted by Gasteiger charge is -2.34. The molecule has 2 fully saturated rings. The Bertz CT molecular complexity index is 665. The molecule has 1 aromatic rings. The molecule has 30 heavy (non-hydrogen) atoms. The number of piperazine rings is 1. The fraction of sp³-hybridized carbons (Fsp3) is 0.739. The standard InChI is InChI=1S/C23H40N6O/c1-4-30-17-11-23(9-5-6-10-23)19-27-22(24-2)26-18-20-8-7-12-25-21(20)29-15-13-28(3)14-16-29/h7-8,12H,4-6,9-11,13-19H2,1-3H3,(H2,24,26,27). The van der Waals surface area contributed by atoms with E-state index in [0.717, 1.165) is 70.7 Å². The van der Waals surface area contributed by atoms with E-state index in [4.69, 9.17) is 4.74 Å². The molecule has 0 radical (unpaired) electrons. The number of hydrogen-bond donors (Lipinski definition) is 2. The Morgan fingerprint density at radius 2 is 1.97 bits per heavy atom. The van der Waals surface area contributed by atoms with Crippen LogP contribution >= 0.6 is 0 Å². The summed E-state index contributed by atoms with van der Waals surface area (Å²) in [7, 11) is 4.03. The molecular formula is C23H40N6O. The van der Waals surface area contributed by atoms with Crippen LogP contribution in [0.5, 0.6) is 0 Å². The lowest BCUT2D eigenvalue weighted by atomic mass is 9.83. The van der Waals surface area contributed by atoms with E-state index in [2.05, 4.69) is 50.4 Å². The maximum atomic E-state index is 5.65. The molecule has 7 heteroatoms. The predicted molar refractivity (Wildman–Crippen MR) is 124 cm³/mol. The molecule has 1 aliphatic carbocycles. The first-order valence-corrected chi connectivity index (χ1v) is 11.6. The molecule has 2 heterocycles. The molecule has 0 atom stereocenters. The van der Waals surface area contributed by atoms with Gasteiger partial charge in [-0.2, -0.15) is 0 Å². The van der Waals surface area contributed by atoms with Crippen molar-refractivity contribution >= 4 is 11.8 Å². The number of ether oxygens (including phenoxy) is 1. The van der Waals surface area contributed by atoms with Crippen LogP contribution in [0, 0.1) is 5.41 Å². The van der Waals surface area contributed by atoms with E-state index in [-0.39, 0.29) is 0 Å². The Hall–Kier alpha value is -1.86. The molecule has 3 rings (SSSR count). The summed E-state index contributed by atoms with van der Waals surface area (Å²) >= 11 is 0. The van der Waals surface area contributed by atoms with Crippen LogP contribution in [0.15, 0.2) is 23.3 Å². The summed E-state index contributed by atoms with van der Waals surface area (Å²) in [4.78, 5) is 13.9. The zero-order chi connectivity index (χ0) is 21.2. The first-order valence-electron chi connectivity index (χ1n) is 11.6. The summed E-state index contributed by atoms with van der Waals surface area (Å²) in [5.74, 6) is 1.96. The number of anilines is 1. The van der Waals surface area contributed by atoms with Gasteiger partial charge in [-0.05, 0) is 44.7 Å². The molecule has 2 N–H and O–H groups in total. The Labute approximate surface area is 182 Å². The van der Waals surface area contributed by atoms with E-state index in [0.29, 0.717) is 5.41 Å². The minimum atomic E-state index is 0.339. The van der Waals surface area contributed by atoms with E-state index in [1.54, 1.807) is 0 Å². The number of likely N-dealkylation sites (N-methyl/N-ethyl adjacent to an activating group) is 1. The molecule has 0 amide bonds. The average Bonchev–Trinajstić information content (AvgIpc) is 3.24. The Morgan fingerprint density at radius 1 is 1.20 bits per heavy atom. The van der Waals surface area contributed by atoms with Gasteiger partial charge in [0.2, 0.25) is 0 Å². The van der Waals surface area contributed by atoms with Gasteiger partial charge in [-0.3, -0.25) is 4.99 Å². The van der Waals surface area contributed by atoms with Gasteiger partial charge in [-0.25, -0.2) is 4.98 Å². The molecule has 1 aliphatic heterocycles. The molecule has 1 saturated carbocycles. The molecule has 1 saturated heterocycles. The SMILES string of the molecule is CCOCCC1(CNC(=NC)NCc2cccnc2N2CCN(C)CC2)CCCC1. The van der Waals surface area contributed by atoms with Crippen molar-refractivity contribution < 1.29 is 4.74 Å². The van der Waals surface area contributed by atoms with Crippen molar-refractivity contribution in [3.05, 3.63) is 23.9 Å². The van der Waals surface area contributed by atoms with E-state index in [1.807, 2.05) is 19.3 Å². The summed E-state index contributed by atoms with van der Waals surface area (Å²) in [5.41, 5.74) is 1.56. The third-order valence-electron chi connectivity index (χ3n) is 6.62. The van der Waals surface area contributed by atoms with Crippen molar-refractivity contribution in [2.24, 2.45) is 10.4 Å². The van der Waals surface area contributed by atoms with Crippen LogP contribution in [0.3, 0.4) is 0 Å². The summed E-state index contributed by atoms with van der Waals surface area (Å²) in [5, 5.41) is 7.11. The molecule has 1 aromatic heterocycles. The number of hydrogen-bond acceptors (Lipinski definition) is 5. The predicted octanol–water partition coefficient (Wildman–Crippen LogP) is 2.49. The molecule has 2 aliphatic rings. The largest absolute Gasteiger partial charge is 0.382 e. The fourth-order valence-electron chi connectivity index (χ4n) is 4.62. The Balaban J connectivity index is 1.54. The lowest BCUT2D eigenvalue weighted by molar-refractivity contribution is 0.105. The highest BCUT2D eigenvalue weighted by molar-refractivity contribution is 5.79. The molecular weight excluding hydrogens is 376 g/mol. The normalized spacial score (nSPS) is 19.8. The fourth-order valence-corrected chi connectivity index (χ4v) is 4.62. The molecule has 0 aromatic carbocycles. The second kappa shape index (κ2) is 11.5. The number of pyridine rings is 1. The number of nitrogens with one attached hydrogen (secondary N) is 2. The van der Waals surface area contributed by atoms with Gasteiger partial charge >= 0.3 is 0 Å². The van der Waals surface area contributed by atoms with Gasteiger partial charge in [-0.1, -0.05) is 18.9 Å². The Morgan fingerprint density at radius 3 is 2.67 bits per heavy atom. The van der Waals surface area contributed by atoms with Crippen LogP contribution < -0.4 is 15.5 Å². The second-order valence-electron chi connectivity index (χ2n) is 8.71.